The van der Waals surface area contributed by atoms with E-state index in [1.807, 2.05) is 38.3 Å². The van der Waals surface area contributed by atoms with Gasteiger partial charge in [-0.3, -0.25) is 0 Å². The maximum atomic E-state index is 11.0. The lowest BCUT2D eigenvalue weighted by molar-refractivity contribution is 0.0696. The van der Waals surface area contributed by atoms with E-state index >= 15 is 0 Å². The first-order valence-electron chi connectivity index (χ1n) is 5.30. The normalized spacial score (nSPS) is 10.9. The Morgan fingerprint density at radius 3 is 2.88 bits per heavy atom. The number of benzene rings is 1. The van der Waals surface area contributed by atoms with Gasteiger partial charge in [0.05, 0.1) is 5.56 Å². The highest BCUT2D eigenvalue weighted by Crippen LogP contribution is 2.13. The first-order chi connectivity index (χ1) is 7.65. The minimum Gasteiger partial charge on any atom is -0.478 e. The van der Waals surface area contributed by atoms with E-state index in [0.29, 0.717) is 5.56 Å². The average Bonchev–Trinajstić information content (AvgIpc) is 2.24. The quantitative estimate of drug-likeness (QED) is 0.747. The van der Waals surface area contributed by atoms with Gasteiger partial charge in [-0.15, -0.1) is 0 Å². The number of rotatable bonds is 5. The first-order valence-corrected chi connectivity index (χ1v) is 5.30. The van der Waals surface area contributed by atoms with Crippen molar-refractivity contribution >= 4 is 12.0 Å². The molecule has 0 bridgehead atoms. The van der Waals surface area contributed by atoms with Crippen LogP contribution in [0, 0.1) is 6.92 Å². The third-order valence-electron chi connectivity index (χ3n) is 2.30. The molecule has 0 aromatic heterocycles. The monoisotopic (exact) mass is 219 g/mol. The van der Waals surface area contributed by atoms with Crippen LogP contribution in [0.25, 0.3) is 6.08 Å². The molecule has 0 aliphatic heterocycles. The molecule has 0 aliphatic rings. The Hall–Kier alpha value is -1.61. The van der Waals surface area contributed by atoms with E-state index in [0.717, 1.165) is 24.1 Å². The van der Waals surface area contributed by atoms with Gasteiger partial charge in [0.2, 0.25) is 0 Å². The van der Waals surface area contributed by atoms with Crippen molar-refractivity contribution in [2.45, 2.75) is 13.3 Å². The molecule has 0 fully saturated rings. The van der Waals surface area contributed by atoms with Crippen LogP contribution in [0.5, 0.6) is 0 Å². The van der Waals surface area contributed by atoms with Gasteiger partial charge < -0.3 is 10.4 Å². The van der Waals surface area contributed by atoms with Gasteiger partial charge in [-0.25, -0.2) is 4.79 Å². The highest BCUT2D eigenvalue weighted by Gasteiger charge is 2.06. The van der Waals surface area contributed by atoms with E-state index in [2.05, 4.69) is 5.32 Å². The summed E-state index contributed by atoms with van der Waals surface area (Å²) >= 11 is 0. The van der Waals surface area contributed by atoms with Crippen LogP contribution in [0.2, 0.25) is 0 Å². The fraction of sp³-hybridized carbons (Fsp3) is 0.308. The summed E-state index contributed by atoms with van der Waals surface area (Å²) in [5, 5.41) is 12.0. The Kier molecular flexibility index (Phi) is 4.73. The van der Waals surface area contributed by atoms with E-state index in [-0.39, 0.29) is 0 Å². The second-order valence-electron chi connectivity index (χ2n) is 3.69. The third kappa shape index (κ3) is 3.51. The Bertz CT molecular complexity index is 397. The summed E-state index contributed by atoms with van der Waals surface area (Å²) in [5.74, 6) is -0.881. The molecule has 0 spiro atoms. The summed E-state index contributed by atoms with van der Waals surface area (Å²) in [7, 11) is 1.89. The topological polar surface area (TPSA) is 49.3 Å². The van der Waals surface area contributed by atoms with Crippen LogP contribution in [0.1, 0.15) is 27.9 Å². The Morgan fingerprint density at radius 2 is 2.25 bits per heavy atom. The van der Waals surface area contributed by atoms with Gasteiger partial charge in [-0.05, 0) is 38.6 Å². The SMILES string of the molecule is CNCCC=Cc1cc(C)ccc1C(=O)O. The molecule has 1 aromatic carbocycles. The molecule has 3 nitrogen and oxygen atoms in total. The maximum Gasteiger partial charge on any atom is 0.336 e. The van der Waals surface area contributed by atoms with Gasteiger partial charge in [0.25, 0.3) is 0 Å². The number of carbonyl (C=O) groups is 1. The summed E-state index contributed by atoms with van der Waals surface area (Å²) in [6, 6.07) is 5.35. The molecule has 0 saturated carbocycles. The fourth-order valence-electron chi connectivity index (χ4n) is 1.45. The first kappa shape index (κ1) is 12.5. The second kappa shape index (κ2) is 6.08. The minimum absolute atomic E-state index is 0.353. The maximum absolute atomic E-state index is 11.0. The largest absolute Gasteiger partial charge is 0.478 e. The predicted octanol–water partition coefficient (Wildman–Crippen LogP) is 2.32. The van der Waals surface area contributed by atoms with Gasteiger partial charge in [0, 0.05) is 0 Å². The summed E-state index contributed by atoms with van der Waals surface area (Å²) in [5.41, 5.74) is 2.19. The van der Waals surface area contributed by atoms with E-state index in [4.69, 9.17) is 5.11 Å². The number of carboxylic acids is 1. The summed E-state index contributed by atoms with van der Waals surface area (Å²) in [6.45, 7) is 2.85. The standard InChI is InChI=1S/C13H17NO2/c1-10-6-7-12(13(15)16)11(9-10)5-3-4-8-14-2/h3,5-7,9,14H,4,8H2,1-2H3,(H,15,16). The molecule has 0 unspecified atom stereocenters. The minimum atomic E-state index is -0.881. The van der Waals surface area contributed by atoms with Crippen LogP contribution in [-0.4, -0.2) is 24.7 Å². The number of nitrogens with one attached hydrogen (secondary N) is 1. The third-order valence-corrected chi connectivity index (χ3v) is 2.30. The molecular weight excluding hydrogens is 202 g/mol. The number of aryl methyl sites for hydroxylation is 1. The molecule has 0 heterocycles. The fourth-order valence-corrected chi connectivity index (χ4v) is 1.45. The van der Waals surface area contributed by atoms with Crippen LogP contribution in [0.15, 0.2) is 24.3 Å². The smallest absolute Gasteiger partial charge is 0.336 e. The zero-order valence-electron chi connectivity index (χ0n) is 9.66. The van der Waals surface area contributed by atoms with Crippen molar-refractivity contribution in [3.63, 3.8) is 0 Å². The molecule has 0 radical (unpaired) electrons. The highest BCUT2D eigenvalue weighted by atomic mass is 16.4. The lowest BCUT2D eigenvalue weighted by Gasteiger charge is -2.02. The van der Waals surface area contributed by atoms with E-state index in [1.165, 1.54) is 0 Å². The van der Waals surface area contributed by atoms with Crippen LogP contribution in [0.4, 0.5) is 0 Å². The Morgan fingerprint density at radius 1 is 1.50 bits per heavy atom. The molecule has 86 valence electrons. The summed E-state index contributed by atoms with van der Waals surface area (Å²) in [4.78, 5) is 11.0. The molecule has 3 heteroatoms. The lowest BCUT2D eigenvalue weighted by Crippen LogP contribution is -2.05. The van der Waals surface area contributed by atoms with Gasteiger partial charge in [0.15, 0.2) is 0 Å². The molecular formula is C13H17NO2. The van der Waals surface area contributed by atoms with Crippen molar-refractivity contribution < 1.29 is 9.90 Å². The number of hydrogen-bond acceptors (Lipinski definition) is 2. The molecule has 0 saturated heterocycles. The van der Waals surface area contributed by atoms with Crippen molar-refractivity contribution in [2.75, 3.05) is 13.6 Å². The summed E-state index contributed by atoms with van der Waals surface area (Å²) < 4.78 is 0. The average molecular weight is 219 g/mol. The highest BCUT2D eigenvalue weighted by molar-refractivity contribution is 5.92. The molecule has 16 heavy (non-hydrogen) atoms. The van der Waals surface area contributed by atoms with E-state index in [1.54, 1.807) is 6.07 Å². The van der Waals surface area contributed by atoms with Crippen LogP contribution < -0.4 is 5.32 Å². The lowest BCUT2D eigenvalue weighted by atomic mass is 10.0. The molecule has 1 rings (SSSR count). The number of carboxylic acid groups (broad SMARTS) is 1. The van der Waals surface area contributed by atoms with Crippen molar-refractivity contribution in [1.29, 1.82) is 0 Å². The van der Waals surface area contributed by atoms with Crippen molar-refractivity contribution in [1.82, 2.24) is 5.32 Å². The van der Waals surface area contributed by atoms with E-state index < -0.39 is 5.97 Å². The second-order valence-corrected chi connectivity index (χ2v) is 3.69. The van der Waals surface area contributed by atoms with Crippen molar-refractivity contribution in [3.8, 4) is 0 Å². The van der Waals surface area contributed by atoms with Gasteiger partial charge in [-0.2, -0.15) is 0 Å². The van der Waals surface area contributed by atoms with Crippen molar-refractivity contribution in [3.05, 3.63) is 41.0 Å². The summed E-state index contributed by atoms with van der Waals surface area (Å²) in [6.07, 6.45) is 4.75. The molecule has 2 N–H and O–H groups in total. The van der Waals surface area contributed by atoms with Gasteiger partial charge in [0.1, 0.15) is 0 Å². The van der Waals surface area contributed by atoms with Crippen LogP contribution in [-0.2, 0) is 0 Å². The van der Waals surface area contributed by atoms with E-state index in [9.17, 15) is 4.79 Å². The zero-order valence-corrected chi connectivity index (χ0v) is 9.66. The molecule has 0 aliphatic carbocycles. The molecule has 1 aromatic rings. The van der Waals surface area contributed by atoms with Gasteiger partial charge >= 0.3 is 5.97 Å². The number of hydrogen-bond donors (Lipinski definition) is 2. The Labute approximate surface area is 95.8 Å². The van der Waals surface area contributed by atoms with Crippen LogP contribution in [0.3, 0.4) is 0 Å². The van der Waals surface area contributed by atoms with Crippen LogP contribution >= 0.6 is 0 Å². The molecule has 0 amide bonds. The van der Waals surface area contributed by atoms with Crippen molar-refractivity contribution in [2.24, 2.45) is 0 Å². The molecule has 0 atom stereocenters. The predicted molar refractivity (Wildman–Crippen MR) is 65.7 cm³/mol. The zero-order chi connectivity index (χ0) is 12.0. The number of aromatic carboxylic acids is 1. The Balaban J connectivity index is 2.88. The van der Waals surface area contributed by atoms with Gasteiger partial charge in [-0.1, -0.05) is 29.8 Å².